The first-order chi connectivity index (χ1) is 17.0. The molecule has 1 N–H and O–H groups in total. The van der Waals surface area contributed by atoms with Crippen LogP contribution in [0.25, 0.3) is 10.9 Å². The molecule has 0 bridgehead atoms. The molecule has 35 heavy (non-hydrogen) atoms. The second-order valence-electron chi connectivity index (χ2n) is 8.88. The molecule has 0 saturated carbocycles. The molecular formula is C28H28F2N2O3. The number of pyridine rings is 1. The van der Waals surface area contributed by atoms with Crippen molar-refractivity contribution in [1.29, 1.82) is 0 Å². The van der Waals surface area contributed by atoms with Gasteiger partial charge in [0.15, 0.2) is 11.6 Å². The van der Waals surface area contributed by atoms with Crippen molar-refractivity contribution in [3.8, 4) is 17.6 Å². The van der Waals surface area contributed by atoms with Gasteiger partial charge in [-0.3, -0.25) is 14.7 Å². The number of hydrogen-bond acceptors (Lipinski definition) is 4. The number of carboxylic acid groups (broad SMARTS) is 1. The number of rotatable bonds is 7. The van der Waals surface area contributed by atoms with Gasteiger partial charge in [0.05, 0.1) is 30.7 Å². The van der Waals surface area contributed by atoms with Gasteiger partial charge in [-0.05, 0) is 80.1 Å². The molecule has 2 atom stereocenters. The average molecular weight is 479 g/mol. The van der Waals surface area contributed by atoms with Gasteiger partial charge in [-0.15, -0.1) is 0 Å². The van der Waals surface area contributed by atoms with E-state index in [1.807, 2.05) is 29.2 Å². The standard InChI is InChI=1S/C28H28F2N2O3/c1-35-22-10-11-26-23(17-22)19(12-14-31-26)5-2-6-20-13-16-32(18-24(20)28(33)34)15-4-8-21-7-3-9-25(29)27(21)30/h3,7,9-12,14,17,20,24H,2,5-6,13,15-16,18H2,1H3,(H,33,34)/t20-,24+/m1/s1. The molecule has 2 heterocycles. The van der Waals surface area contributed by atoms with E-state index in [0.717, 1.165) is 54.9 Å². The summed E-state index contributed by atoms with van der Waals surface area (Å²) in [5, 5.41) is 10.9. The predicted molar refractivity (Wildman–Crippen MR) is 130 cm³/mol. The average Bonchev–Trinajstić information content (AvgIpc) is 2.87. The Morgan fingerprint density at radius 1 is 1.26 bits per heavy atom. The van der Waals surface area contributed by atoms with Crippen molar-refractivity contribution in [2.75, 3.05) is 26.7 Å². The molecule has 0 amide bonds. The van der Waals surface area contributed by atoms with E-state index in [0.29, 0.717) is 13.1 Å². The maximum atomic E-state index is 13.8. The Morgan fingerprint density at radius 2 is 2.11 bits per heavy atom. The largest absolute Gasteiger partial charge is 0.497 e. The molecule has 5 nitrogen and oxygen atoms in total. The van der Waals surface area contributed by atoms with Crippen LogP contribution >= 0.6 is 0 Å². The number of benzene rings is 2. The lowest BCUT2D eigenvalue weighted by atomic mass is 9.81. The number of aryl methyl sites for hydroxylation is 1. The topological polar surface area (TPSA) is 62.7 Å². The molecule has 0 aliphatic carbocycles. The fourth-order valence-electron chi connectivity index (χ4n) is 4.77. The van der Waals surface area contributed by atoms with Crippen molar-refractivity contribution in [2.45, 2.75) is 25.7 Å². The van der Waals surface area contributed by atoms with Crippen LogP contribution < -0.4 is 4.74 Å². The molecule has 0 spiro atoms. The number of carboxylic acids is 1. The van der Waals surface area contributed by atoms with Gasteiger partial charge in [-0.25, -0.2) is 8.78 Å². The summed E-state index contributed by atoms with van der Waals surface area (Å²) in [5.74, 6) is 3.23. The number of piperidine rings is 1. The minimum atomic E-state index is -0.956. The number of ether oxygens (including phenoxy) is 1. The SMILES string of the molecule is COc1ccc2nccc(CCC[C@@H]3CCN(CC#Cc4cccc(F)c4F)C[C@@H]3C(=O)O)c2c1. The van der Waals surface area contributed by atoms with Crippen LogP contribution in [0.5, 0.6) is 5.75 Å². The Balaban J connectivity index is 1.35. The highest BCUT2D eigenvalue weighted by molar-refractivity contribution is 5.83. The zero-order valence-corrected chi connectivity index (χ0v) is 19.6. The van der Waals surface area contributed by atoms with Gasteiger partial charge < -0.3 is 9.84 Å². The number of hydrogen-bond donors (Lipinski definition) is 1. The summed E-state index contributed by atoms with van der Waals surface area (Å²) in [5.41, 5.74) is 2.10. The zero-order chi connectivity index (χ0) is 24.8. The Hall–Kier alpha value is -3.50. The zero-order valence-electron chi connectivity index (χ0n) is 19.6. The van der Waals surface area contributed by atoms with Crippen LogP contribution in [0, 0.1) is 35.3 Å². The molecule has 1 aromatic heterocycles. The highest BCUT2D eigenvalue weighted by Crippen LogP contribution is 2.30. The summed E-state index contributed by atoms with van der Waals surface area (Å²) >= 11 is 0. The quantitative estimate of drug-likeness (QED) is 0.489. The van der Waals surface area contributed by atoms with Gasteiger partial charge >= 0.3 is 5.97 Å². The Morgan fingerprint density at radius 3 is 2.91 bits per heavy atom. The number of methoxy groups -OCH3 is 1. The van der Waals surface area contributed by atoms with Crippen LogP contribution in [0.3, 0.4) is 0 Å². The summed E-state index contributed by atoms with van der Waals surface area (Å²) < 4.78 is 32.5. The lowest BCUT2D eigenvalue weighted by Crippen LogP contribution is -2.44. The van der Waals surface area contributed by atoms with Gasteiger partial charge in [0, 0.05) is 18.1 Å². The van der Waals surface area contributed by atoms with Crippen molar-refractivity contribution >= 4 is 16.9 Å². The second-order valence-corrected chi connectivity index (χ2v) is 8.88. The maximum Gasteiger partial charge on any atom is 0.308 e. The van der Waals surface area contributed by atoms with E-state index < -0.39 is 23.5 Å². The lowest BCUT2D eigenvalue weighted by Gasteiger charge is -2.35. The van der Waals surface area contributed by atoms with Gasteiger partial charge in [0.1, 0.15) is 5.75 Å². The molecule has 3 aromatic rings. The minimum absolute atomic E-state index is 0.0101. The summed E-state index contributed by atoms with van der Waals surface area (Å²) in [4.78, 5) is 18.4. The third kappa shape index (κ3) is 5.95. The highest BCUT2D eigenvalue weighted by atomic mass is 19.2. The van der Waals surface area contributed by atoms with Crippen molar-refractivity contribution < 1.29 is 23.4 Å². The van der Waals surface area contributed by atoms with Crippen LogP contribution in [-0.2, 0) is 11.2 Å². The van der Waals surface area contributed by atoms with E-state index in [9.17, 15) is 18.7 Å². The van der Waals surface area contributed by atoms with E-state index >= 15 is 0 Å². The number of aromatic nitrogens is 1. The molecule has 0 unspecified atom stereocenters. The molecule has 1 fully saturated rings. The van der Waals surface area contributed by atoms with E-state index in [-0.39, 0.29) is 11.5 Å². The van der Waals surface area contributed by atoms with Gasteiger partial charge in [-0.2, -0.15) is 0 Å². The number of aliphatic carboxylic acids is 1. The molecule has 2 aromatic carbocycles. The molecule has 1 saturated heterocycles. The van der Waals surface area contributed by atoms with Crippen LogP contribution in [0.15, 0.2) is 48.7 Å². The molecule has 1 aliphatic heterocycles. The normalized spacial score (nSPS) is 18.1. The summed E-state index contributed by atoms with van der Waals surface area (Å²) in [7, 11) is 1.64. The number of fused-ring (bicyclic) bond motifs is 1. The Bertz CT molecular complexity index is 1270. The Kier molecular flexibility index (Phi) is 7.94. The number of halogens is 2. The first-order valence-electron chi connectivity index (χ1n) is 11.8. The van der Waals surface area contributed by atoms with E-state index in [1.165, 1.54) is 17.7 Å². The van der Waals surface area contributed by atoms with Crippen LogP contribution in [0.4, 0.5) is 8.78 Å². The fourth-order valence-corrected chi connectivity index (χ4v) is 4.77. The first-order valence-corrected chi connectivity index (χ1v) is 11.8. The molecule has 0 radical (unpaired) electrons. The third-order valence-corrected chi connectivity index (χ3v) is 6.69. The molecule has 7 heteroatoms. The first kappa shape index (κ1) is 24.6. The molecular weight excluding hydrogens is 450 g/mol. The van der Waals surface area contributed by atoms with Gasteiger partial charge in [-0.1, -0.05) is 17.9 Å². The monoisotopic (exact) mass is 478 g/mol. The van der Waals surface area contributed by atoms with E-state index in [2.05, 4.69) is 16.8 Å². The Labute approximate surface area is 203 Å². The van der Waals surface area contributed by atoms with Gasteiger partial charge in [0.25, 0.3) is 0 Å². The fraction of sp³-hybridized carbons (Fsp3) is 0.357. The van der Waals surface area contributed by atoms with Gasteiger partial charge in [0.2, 0.25) is 0 Å². The summed E-state index contributed by atoms with van der Waals surface area (Å²) in [6, 6.07) is 11.7. The lowest BCUT2D eigenvalue weighted by molar-refractivity contribution is -0.146. The second kappa shape index (κ2) is 11.3. The van der Waals surface area contributed by atoms with Crippen molar-refractivity contribution in [1.82, 2.24) is 9.88 Å². The summed E-state index contributed by atoms with van der Waals surface area (Å²) in [6.07, 6.45) is 5.10. The predicted octanol–water partition coefficient (Wildman–Crippen LogP) is 4.92. The molecule has 4 rings (SSSR count). The number of likely N-dealkylation sites (tertiary alicyclic amines) is 1. The van der Waals surface area contributed by atoms with Crippen LogP contribution in [-0.4, -0.2) is 47.7 Å². The number of nitrogens with zero attached hydrogens (tertiary/aromatic N) is 2. The van der Waals surface area contributed by atoms with Crippen molar-refractivity contribution in [3.63, 3.8) is 0 Å². The molecule has 182 valence electrons. The number of carbonyl (C=O) groups is 1. The maximum absolute atomic E-state index is 13.8. The van der Waals surface area contributed by atoms with Crippen LogP contribution in [0.2, 0.25) is 0 Å². The third-order valence-electron chi connectivity index (χ3n) is 6.69. The minimum Gasteiger partial charge on any atom is -0.497 e. The van der Waals surface area contributed by atoms with E-state index in [4.69, 9.17) is 4.74 Å². The van der Waals surface area contributed by atoms with Crippen molar-refractivity contribution in [2.24, 2.45) is 11.8 Å². The smallest absolute Gasteiger partial charge is 0.308 e. The highest BCUT2D eigenvalue weighted by Gasteiger charge is 2.33. The van der Waals surface area contributed by atoms with Crippen LogP contribution in [0.1, 0.15) is 30.4 Å². The van der Waals surface area contributed by atoms with Crippen molar-refractivity contribution in [3.05, 3.63) is 71.4 Å². The molecule has 1 aliphatic rings. The van der Waals surface area contributed by atoms with E-state index in [1.54, 1.807) is 13.3 Å². The summed E-state index contributed by atoms with van der Waals surface area (Å²) in [6.45, 7) is 1.44.